The number of carbonyl (C=O) groups excluding carboxylic acids is 1. The van der Waals surface area contributed by atoms with E-state index in [2.05, 4.69) is 29.5 Å². The molecular formula is C18H22ClN3O. The molecule has 0 saturated heterocycles. The summed E-state index contributed by atoms with van der Waals surface area (Å²) in [5.41, 5.74) is 2.81. The maximum Gasteiger partial charge on any atom is 0.274 e. The van der Waals surface area contributed by atoms with Gasteiger partial charge in [0, 0.05) is 29.1 Å². The first-order chi connectivity index (χ1) is 11.0. The molecule has 122 valence electrons. The molecule has 1 aromatic carbocycles. The van der Waals surface area contributed by atoms with E-state index < -0.39 is 0 Å². The Morgan fingerprint density at radius 1 is 1.30 bits per heavy atom. The minimum Gasteiger partial charge on any atom is -0.385 e. The Labute approximate surface area is 142 Å². The third-order valence-electron chi connectivity index (χ3n) is 3.56. The number of nitrogens with zero attached hydrogens (tertiary/aromatic N) is 1. The lowest BCUT2D eigenvalue weighted by Gasteiger charge is -2.11. The van der Waals surface area contributed by atoms with Gasteiger partial charge in [0.2, 0.25) is 0 Å². The minimum atomic E-state index is -0.247. The first-order valence-corrected chi connectivity index (χ1v) is 8.11. The summed E-state index contributed by atoms with van der Waals surface area (Å²) in [6.45, 7) is 7.10. The Morgan fingerprint density at radius 3 is 2.83 bits per heavy atom. The normalized spacial score (nSPS) is 10.7. The van der Waals surface area contributed by atoms with E-state index in [-0.39, 0.29) is 5.91 Å². The van der Waals surface area contributed by atoms with Crippen LogP contribution in [0.5, 0.6) is 0 Å². The molecule has 23 heavy (non-hydrogen) atoms. The zero-order valence-corrected chi connectivity index (χ0v) is 14.4. The molecule has 5 heteroatoms. The van der Waals surface area contributed by atoms with Gasteiger partial charge in [0.15, 0.2) is 0 Å². The van der Waals surface area contributed by atoms with Crippen molar-refractivity contribution >= 4 is 28.9 Å². The number of hydrogen-bond acceptors (Lipinski definition) is 3. The molecular weight excluding hydrogens is 310 g/mol. The van der Waals surface area contributed by atoms with Crippen molar-refractivity contribution in [1.29, 1.82) is 0 Å². The Bertz CT molecular complexity index is 686. The summed E-state index contributed by atoms with van der Waals surface area (Å²) >= 11 is 6.07. The van der Waals surface area contributed by atoms with Gasteiger partial charge in [-0.3, -0.25) is 9.78 Å². The third kappa shape index (κ3) is 4.96. The van der Waals surface area contributed by atoms with Crippen molar-refractivity contribution < 1.29 is 4.79 Å². The van der Waals surface area contributed by atoms with Gasteiger partial charge in [-0.2, -0.15) is 0 Å². The van der Waals surface area contributed by atoms with Crippen LogP contribution in [0.2, 0.25) is 5.02 Å². The highest BCUT2D eigenvalue weighted by molar-refractivity contribution is 6.31. The van der Waals surface area contributed by atoms with E-state index >= 15 is 0 Å². The van der Waals surface area contributed by atoms with Gasteiger partial charge >= 0.3 is 0 Å². The molecule has 2 N–H and O–H groups in total. The molecule has 0 bridgehead atoms. The lowest BCUT2D eigenvalue weighted by Crippen LogP contribution is -2.15. The van der Waals surface area contributed by atoms with Gasteiger partial charge in [-0.15, -0.1) is 0 Å². The fraction of sp³-hybridized carbons (Fsp3) is 0.333. The zero-order chi connectivity index (χ0) is 16.8. The first-order valence-electron chi connectivity index (χ1n) is 7.73. The number of pyridine rings is 1. The average molecular weight is 332 g/mol. The number of benzene rings is 1. The molecule has 1 aromatic heterocycles. The molecule has 0 aliphatic heterocycles. The smallest absolute Gasteiger partial charge is 0.274 e. The van der Waals surface area contributed by atoms with E-state index in [0.717, 1.165) is 24.2 Å². The number of amides is 1. The fourth-order valence-corrected chi connectivity index (χ4v) is 2.27. The minimum absolute atomic E-state index is 0.247. The van der Waals surface area contributed by atoms with Gasteiger partial charge in [0.1, 0.15) is 5.69 Å². The largest absolute Gasteiger partial charge is 0.385 e. The molecule has 2 aromatic rings. The monoisotopic (exact) mass is 331 g/mol. The number of halogens is 1. The predicted octanol–water partition coefficient (Wildman–Crippen LogP) is 4.75. The van der Waals surface area contributed by atoms with Crippen LogP contribution in [-0.2, 0) is 0 Å². The van der Waals surface area contributed by atoms with Gasteiger partial charge < -0.3 is 10.6 Å². The van der Waals surface area contributed by atoms with E-state index in [0.29, 0.717) is 22.3 Å². The summed E-state index contributed by atoms with van der Waals surface area (Å²) in [7, 11) is 0. The van der Waals surface area contributed by atoms with E-state index in [1.807, 2.05) is 25.1 Å². The van der Waals surface area contributed by atoms with Gasteiger partial charge in [0.05, 0.1) is 0 Å². The van der Waals surface area contributed by atoms with E-state index in [9.17, 15) is 4.79 Å². The second-order valence-corrected chi connectivity index (χ2v) is 6.31. The quantitative estimate of drug-likeness (QED) is 0.802. The number of rotatable bonds is 6. The maximum atomic E-state index is 12.4. The summed E-state index contributed by atoms with van der Waals surface area (Å²) in [5, 5.41) is 6.79. The number of carbonyl (C=O) groups is 1. The second-order valence-electron chi connectivity index (χ2n) is 5.91. The number of aromatic nitrogens is 1. The predicted molar refractivity (Wildman–Crippen MR) is 96.3 cm³/mol. The van der Waals surface area contributed by atoms with Gasteiger partial charge in [-0.05, 0) is 49.1 Å². The molecule has 0 radical (unpaired) electrons. The fourth-order valence-electron chi connectivity index (χ4n) is 2.10. The van der Waals surface area contributed by atoms with Crippen LogP contribution in [0.25, 0.3) is 0 Å². The van der Waals surface area contributed by atoms with Crippen LogP contribution in [0.4, 0.5) is 11.4 Å². The van der Waals surface area contributed by atoms with Gasteiger partial charge in [0.25, 0.3) is 5.91 Å². The van der Waals surface area contributed by atoms with Crippen LogP contribution < -0.4 is 10.6 Å². The Kier molecular flexibility index (Phi) is 5.99. The van der Waals surface area contributed by atoms with Crippen LogP contribution in [0, 0.1) is 12.8 Å². The molecule has 1 heterocycles. The topological polar surface area (TPSA) is 54.0 Å². The third-order valence-corrected chi connectivity index (χ3v) is 3.97. The van der Waals surface area contributed by atoms with Crippen molar-refractivity contribution in [3.63, 3.8) is 0 Å². The van der Waals surface area contributed by atoms with Crippen LogP contribution in [0.3, 0.4) is 0 Å². The van der Waals surface area contributed by atoms with Crippen LogP contribution in [0.1, 0.15) is 36.3 Å². The standard InChI is InChI=1S/C18H22ClN3O/c1-12(2)7-9-20-14-8-10-21-17(11-14)18(23)22-16-6-4-5-15(19)13(16)3/h4-6,8,10-12H,7,9H2,1-3H3,(H,20,21)(H,22,23). The van der Waals surface area contributed by atoms with Crippen molar-refractivity contribution in [2.75, 3.05) is 17.2 Å². The molecule has 0 saturated carbocycles. The molecule has 1 amide bonds. The average Bonchev–Trinajstić information content (AvgIpc) is 2.52. The highest BCUT2D eigenvalue weighted by Gasteiger charge is 2.11. The molecule has 0 atom stereocenters. The molecule has 0 aliphatic rings. The summed E-state index contributed by atoms with van der Waals surface area (Å²) in [6.07, 6.45) is 2.71. The second kappa shape index (κ2) is 7.97. The van der Waals surface area contributed by atoms with Crippen LogP contribution in [-0.4, -0.2) is 17.4 Å². The van der Waals surface area contributed by atoms with Gasteiger partial charge in [-0.1, -0.05) is 31.5 Å². The number of hydrogen-bond donors (Lipinski definition) is 2. The highest BCUT2D eigenvalue weighted by atomic mass is 35.5. The lowest BCUT2D eigenvalue weighted by molar-refractivity contribution is 0.102. The van der Waals surface area contributed by atoms with Crippen LogP contribution >= 0.6 is 11.6 Å². The first kappa shape index (κ1) is 17.3. The molecule has 0 unspecified atom stereocenters. The molecule has 4 nitrogen and oxygen atoms in total. The molecule has 2 rings (SSSR count). The Morgan fingerprint density at radius 2 is 2.09 bits per heavy atom. The van der Waals surface area contributed by atoms with E-state index in [1.54, 1.807) is 18.3 Å². The zero-order valence-electron chi connectivity index (χ0n) is 13.7. The summed E-state index contributed by atoms with van der Waals surface area (Å²) in [6, 6.07) is 9.05. The molecule has 0 aliphatic carbocycles. The van der Waals surface area contributed by atoms with E-state index in [1.165, 1.54) is 0 Å². The molecule has 0 fully saturated rings. The Hall–Kier alpha value is -2.07. The van der Waals surface area contributed by atoms with Crippen molar-refractivity contribution in [3.05, 3.63) is 52.8 Å². The molecule has 0 spiro atoms. The number of anilines is 2. The van der Waals surface area contributed by atoms with Gasteiger partial charge in [-0.25, -0.2) is 0 Å². The lowest BCUT2D eigenvalue weighted by atomic mass is 10.1. The van der Waals surface area contributed by atoms with Crippen LogP contribution in [0.15, 0.2) is 36.5 Å². The van der Waals surface area contributed by atoms with Crippen molar-refractivity contribution in [1.82, 2.24) is 4.98 Å². The Balaban J connectivity index is 2.06. The van der Waals surface area contributed by atoms with Crippen molar-refractivity contribution in [3.8, 4) is 0 Å². The summed E-state index contributed by atoms with van der Waals surface area (Å²) in [4.78, 5) is 16.5. The van der Waals surface area contributed by atoms with E-state index in [4.69, 9.17) is 11.6 Å². The SMILES string of the molecule is Cc1c(Cl)cccc1NC(=O)c1cc(NCCC(C)C)ccn1. The van der Waals surface area contributed by atoms with Crippen molar-refractivity contribution in [2.24, 2.45) is 5.92 Å². The van der Waals surface area contributed by atoms with Crippen molar-refractivity contribution in [2.45, 2.75) is 27.2 Å². The maximum absolute atomic E-state index is 12.4. The highest BCUT2D eigenvalue weighted by Crippen LogP contribution is 2.23. The summed E-state index contributed by atoms with van der Waals surface area (Å²) in [5.74, 6) is 0.390. The number of nitrogens with one attached hydrogen (secondary N) is 2. The summed E-state index contributed by atoms with van der Waals surface area (Å²) < 4.78 is 0.